The van der Waals surface area contributed by atoms with Crippen molar-refractivity contribution < 1.29 is 13.3 Å². The highest BCUT2D eigenvalue weighted by Crippen LogP contribution is 2.28. The summed E-state index contributed by atoms with van der Waals surface area (Å²) in [6, 6.07) is 11.4. The van der Waals surface area contributed by atoms with Gasteiger partial charge >= 0.3 is 5.69 Å². The third-order valence-electron chi connectivity index (χ3n) is 4.38. The van der Waals surface area contributed by atoms with Gasteiger partial charge in [-0.05, 0) is 6.07 Å². The van der Waals surface area contributed by atoms with Crippen LogP contribution in [-0.2, 0) is 10.0 Å². The number of nitrogens with zero attached hydrogens (tertiary/aromatic N) is 4. The van der Waals surface area contributed by atoms with Crippen molar-refractivity contribution in [2.24, 2.45) is 0 Å². The summed E-state index contributed by atoms with van der Waals surface area (Å²) in [5, 5.41) is 11.5. The molecule has 0 amide bonds. The number of imidazole rings is 1. The maximum atomic E-state index is 12.7. The summed E-state index contributed by atoms with van der Waals surface area (Å²) in [5.74, 6) is 0. The lowest BCUT2D eigenvalue weighted by molar-refractivity contribution is -0.384. The number of benzene rings is 2. The summed E-state index contributed by atoms with van der Waals surface area (Å²) in [4.78, 5) is 44.2. The van der Waals surface area contributed by atoms with Crippen LogP contribution >= 0.6 is 0 Å². The predicted octanol–water partition coefficient (Wildman–Crippen LogP) is 0.954. The average Bonchev–Trinajstić information content (AvgIpc) is 3.20. The monoisotopic (exact) mass is 442 g/mol. The molecule has 2 aromatic heterocycles. The van der Waals surface area contributed by atoms with Gasteiger partial charge in [-0.1, -0.05) is 30.3 Å². The third-order valence-corrected chi connectivity index (χ3v) is 4.89. The highest BCUT2D eigenvalue weighted by atomic mass is 32.2. The van der Waals surface area contributed by atoms with Gasteiger partial charge in [-0.25, -0.2) is 23.0 Å². The minimum Gasteiger partial charge on any atom is -0.305 e. The van der Waals surface area contributed by atoms with Gasteiger partial charge in [0.15, 0.2) is 0 Å². The van der Waals surface area contributed by atoms with Crippen LogP contribution in [0.2, 0.25) is 0 Å². The Labute approximate surface area is 173 Å². The maximum absolute atomic E-state index is 12.7. The fourth-order valence-corrected chi connectivity index (χ4v) is 3.55. The lowest BCUT2D eigenvalue weighted by atomic mass is 10.1. The first-order valence-corrected chi connectivity index (χ1v) is 10.6. The number of hydrogen-bond acceptors (Lipinski definition) is 7. The summed E-state index contributed by atoms with van der Waals surface area (Å²) < 4.78 is 24.6. The van der Waals surface area contributed by atoms with E-state index >= 15 is 0 Å². The molecule has 2 aromatic carbocycles. The molecule has 0 unspecified atom stereocenters. The summed E-state index contributed by atoms with van der Waals surface area (Å²) in [7, 11) is -3.93. The average molecular weight is 442 g/mol. The number of nitrogens with one attached hydrogen (secondary N) is 2. The third kappa shape index (κ3) is 3.81. The number of aromatic amines is 1. The van der Waals surface area contributed by atoms with Crippen molar-refractivity contribution in [3.05, 3.63) is 85.9 Å². The molecule has 0 bridgehead atoms. The molecule has 0 aliphatic heterocycles. The van der Waals surface area contributed by atoms with Crippen molar-refractivity contribution in [3.63, 3.8) is 0 Å². The normalized spacial score (nSPS) is 11.5. The SMILES string of the molecule is CS(=O)(=O)Nn1c(=O)[nH]c2cc([N+](=O)[O-])c(-n3cnc(-c4ccccc4)c3)cc2c1=O. The van der Waals surface area contributed by atoms with Crippen LogP contribution < -0.4 is 16.1 Å². The van der Waals surface area contributed by atoms with Crippen molar-refractivity contribution in [1.29, 1.82) is 0 Å². The van der Waals surface area contributed by atoms with E-state index in [9.17, 15) is 28.1 Å². The number of aromatic nitrogens is 4. The zero-order chi connectivity index (χ0) is 22.3. The zero-order valence-electron chi connectivity index (χ0n) is 15.8. The molecule has 31 heavy (non-hydrogen) atoms. The first-order valence-electron chi connectivity index (χ1n) is 8.69. The van der Waals surface area contributed by atoms with E-state index in [1.807, 2.05) is 35.2 Å². The number of fused-ring (bicyclic) bond motifs is 1. The van der Waals surface area contributed by atoms with Gasteiger partial charge in [-0.2, -0.15) is 4.68 Å². The van der Waals surface area contributed by atoms with E-state index in [0.29, 0.717) is 5.69 Å². The van der Waals surface area contributed by atoms with E-state index in [1.54, 1.807) is 6.20 Å². The number of nitro groups is 1. The Kier molecular flexibility index (Phi) is 4.66. The predicted molar refractivity (Wildman–Crippen MR) is 112 cm³/mol. The highest BCUT2D eigenvalue weighted by molar-refractivity contribution is 7.91. The molecule has 4 rings (SSSR count). The summed E-state index contributed by atoms with van der Waals surface area (Å²) >= 11 is 0. The van der Waals surface area contributed by atoms with Crippen LogP contribution in [-0.4, -0.2) is 38.8 Å². The Balaban J connectivity index is 1.96. The molecule has 0 fully saturated rings. The molecular formula is C18H14N6O6S. The van der Waals surface area contributed by atoms with Gasteiger partial charge in [-0.15, -0.1) is 0 Å². The Morgan fingerprint density at radius 3 is 2.52 bits per heavy atom. The first-order chi connectivity index (χ1) is 14.6. The molecule has 0 spiro atoms. The Morgan fingerprint density at radius 1 is 1.16 bits per heavy atom. The smallest absolute Gasteiger partial charge is 0.305 e. The van der Waals surface area contributed by atoms with Gasteiger partial charge < -0.3 is 4.98 Å². The molecule has 0 aliphatic carbocycles. The number of rotatable bonds is 5. The lowest BCUT2D eigenvalue weighted by Crippen LogP contribution is -2.43. The van der Waals surface area contributed by atoms with Gasteiger partial charge in [0.2, 0.25) is 10.0 Å². The molecule has 0 saturated heterocycles. The van der Waals surface area contributed by atoms with Gasteiger partial charge in [0.05, 0.1) is 27.8 Å². The van der Waals surface area contributed by atoms with Crippen LogP contribution in [0.25, 0.3) is 27.8 Å². The molecule has 0 aliphatic rings. The number of H-pyrrole nitrogens is 1. The first kappa shape index (κ1) is 20.0. The largest absolute Gasteiger partial charge is 0.348 e. The minimum atomic E-state index is -3.93. The fourth-order valence-electron chi connectivity index (χ4n) is 3.06. The second-order valence-corrected chi connectivity index (χ2v) is 8.34. The van der Waals surface area contributed by atoms with Crippen LogP contribution in [0, 0.1) is 10.1 Å². The Morgan fingerprint density at radius 2 is 1.87 bits per heavy atom. The molecule has 0 radical (unpaired) electrons. The lowest BCUT2D eigenvalue weighted by Gasteiger charge is -2.09. The van der Waals surface area contributed by atoms with E-state index in [1.165, 1.54) is 17.0 Å². The molecule has 2 heterocycles. The highest BCUT2D eigenvalue weighted by Gasteiger charge is 2.21. The van der Waals surface area contributed by atoms with E-state index in [4.69, 9.17) is 0 Å². The molecule has 4 aromatic rings. The van der Waals surface area contributed by atoms with Crippen molar-refractivity contribution >= 4 is 26.6 Å². The number of nitro benzene ring substituents is 1. The van der Waals surface area contributed by atoms with Crippen molar-refractivity contribution in [2.75, 3.05) is 11.1 Å². The van der Waals surface area contributed by atoms with Crippen LogP contribution in [0.3, 0.4) is 0 Å². The van der Waals surface area contributed by atoms with Crippen LogP contribution in [0.1, 0.15) is 0 Å². The van der Waals surface area contributed by atoms with Gasteiger partial charge in [-0.3, -0.25) is 19.5 Å². The van der Waals surface area contributed by atoms with Crippen LogP contribution in [0.4, 0.5) is 5.69 Å². The Bertz CT molecular complexity index is 1550. The summed E-state index contributed by atoms with van der Waals surface area (Å²) in [6.07, 6.45) is 3.69. The van der Waals surface area contributed by atoms with Crippen molar-refractivity contribution in [3.8, 4) is 16.9 Å². The number of sulfonamides is 1. The van der Waals surface area contributed by atoms with E-state index < -0.39 is 26.2 Å². The second-order valence-electron chi connectivity index (χ2n) is 6.61. The summed E-state index contributed by atoms with van der Waals surface area (Å²) in [5.41, 5.74) is -1.21. The van der Waals surface area contributed by atoms with E-state index in [0.717, 1.165) is 17.9 Å². The fraction of sp³-hybridized carbons (Fsp3) is 0.0556. The standard InChI is InChI=1S/C18H14N6O6S/c1-31(29,30)21-23-17(25)12-7-15(16(24(27)28)8-13(12)20-18(23)26)22-9-14(19-10-22)11-5-3-2-4-6-11/h2-10,21H,1H3,(H,20,26). The molecule has 12 nitrogen and oxygen atoms in total. The van der Waals surface area contributed by atoms with Crippen LogP contribution in [0.15, 0.2) is 64.6 Å². The Hall–Kier alpha value is -4.26. The zero-order valence-corrected chi connectivity index (χ0v) is 16.7. The van der Waals surface area contributed by atoms with Crippen molar-refractivity contribution in [1.82, 2.24) is 19.2 Å². The topological polar surface area (TPSA) is 162 Å². The van der Waals surface area contributed by atoms with E-state index in [2.05, 4.69) is 9.97 Å². The molecular weight excluding hydrogens is 428 g/mol. The molecule has 13 heteroatoms. The summed E-state index contributed by atoms with van der Waals surface area (Å²) in [6.45, 7) is 0. The van der Waals surface area contributed by atoms with Crippen LogP contribution in [0.5, 0.6) is 0 Å². The minimum absolute atomic E-state index is 0.0160. The molecule has 158 valence electrons. The van der Waals surface area contributed by atoms with Gasteiger partial charge in [0.25, 0.3) is 11.2 Å². The quantitative estimate of drug-likeness (QED) is 0.343. The van der Waals surface area contributed by atoms with Crippen molar-refractivity contribution in [2.45, 2.75) is 0 Å². The molecule has 0 atom stereocenters. The maximum Gasteiger partial charge on any atom is 0.348 e. The van der Waals surface area contributed by atoms with Gasteiger partial charge in [0, 0.05) is 17.8 Å². The number of hydrogen-bond donors (Lipinski definition) is 2. The molecule has 2 N–H and O–H groups in total. The second kappa shape index (κ2) is 7.21. The van der Waals surface area contributed by atoms with E-state index in [-0.39, 0.29) is 27.0 Å². The van der Waals surface area contributed by atoms with Gasteiger partial charge in [0.1, 0.15) is 12.0 Å². The molecule has 0 saturated carbocycles.